The largest absolute Gasteiger partial charge is 0.503 e. The molecule has 2 aliphatic heterocycles. The molecule has 4 rings (SSSR count). The summed E-state index contributed by atoms with van der Waals surface area (Å²) < 4.78 is 48.0. The molecule has 0 bridgehead atoms. The first-order valence-corrected chi connectivity index (χ1v) is 10.4. The average molecular weight is 465 g/mol. The molecule has 0 aliphatic carbocycles. The van der Waals surface area contributed by atoms with Crippen molar-refractivity contribution in [1.29, 1.82) is 0 Å². The zero-order valence-corrected chi connectivity index (χ0v) is 18.0. The summed E-state index contributed by atoms with van der Waals surface area (Å²) in [4.78, 5) is 40.0. The lowest BCUT2D eigenvalue weighted by atomic mass is 9.99. The SMILES string of the molecule is CCC[C@]12Cn3cc(C(=O)NCc4c(F)cc(F)cc4F)c(=O)c(O)c3C(=O)N1[C@H](C)CO2. The molecule has 2 N–H and O–H groups in total. The van der Waals surface area contributed by atoms with Crippen molar-refractivity contribution in [1.82, 2.24) is 14.8 Å². The molecular formula is C22H22F3N3O5. The molecule has 0 unspecified atom stereocenters. The number of benzene rings is 1. The van der Waals surface area contributed by atoms with Crippen LogP contribution in [0.3, 0.4) is 0 Å². The monoisotopic (exact) mass is 465 g/mol. The Bertz CT molecular complexity index is 1190. The number of hydrogen-bond donors (Lipinski definition) is 2. The first-order chi connectivity index (χ1) is 15.6. The van der Waals surface area contributed by atoms with Crippen LogP contribution in [0.2, 0.25) is 0 Å². The van der Waals surface area contributed by atoms with Gasteiger partial charge in [0.15, 0.2) is 17.2 Å². The van der Waals surface area contributed by atoms with E-state index in [9.17, 15) is 32.7 Å². The maximum Gasteiger partial charge on any atom is 0.277 e. The second-order valence-electron chi connectivity index (χ2n) is 8.26. The molecule has 2 aromatic rings. The summed E-state index contributed by atoms with van der Waals surface area (Å²) in [5.41, 5.74) is -3.43. The quantitative estimate of drug-likeness (QED) is 0.706. The zero-order chi connectivity index (χ0) is 24.1. The maximum atomic E-state index is 13.9. The number of aromatic hydroxyl groups is 1. The minimum Gasteiger partial charge on any atom is -0.503 e. The molecule has 8 nitrogen and oxygen atoms in total. The number of hydrogen-bond acceptors (Lipinski definition) is 5. The third kappa shape index (κ3) is 3.65. The Morgan fingerprint density at radius 3 is 2.58 bits per heavy atom. The van der Waals surface area contributed by atoms with Crippen LogP contribution < -0.4 is 10.7 Å². The van der Waals surface area contributed by atoms with Crippen molar-refractivity contribution in [3.63, 3.8) is 0 Å². The summed E-state index contributed by atoms with van der Waals surface area (Å²) in [5, 5.41) is 12.7. The van der Waals surface area contributed by atoms with Gasteiger partial charge in [-0.3, -0.25) is 14.4 Å². The van der Waals surface area contributed by atoms with Gasteiger partial charge < -0.3 is 24.6 Å². The highest BCUT2D eigenvalue weighted by molar-refractivity contribution is 5.99. The van der Waals surface area contributed by atoms with E-state index in [4.69, 9.17) is 4.74 Å². The summed E-state index contributed by atoms with van der Waals surface area (Å²) in [6, 6.07) is 0.671. The fraction of sp³-hybridized carbons (Fsp3) is 0.409. The molecule has 2 amide bonds. The van der Waals surface area contributed by atoms with Crippen LogP contribution in [0.5, 0.6) is 5.75 Å². The lowest BCUT2D eigenvalue weighted by Crippen LogP contribution is -2.58. The van der Waals surface area contributed by atoms with E-state index in [-0.39, 0.29) is 24.9 Å². The minimum atomic E-state index is -1.20. The van der Waals surface area contributed by atoms with E-state index >= 15 is 0 Å². The van der Waals surface area contributed by atoms with E-state index in [2.05, 4.69) is 5.32 Å². The minimum absolute atomic E-state index is 0.0849. The topological polar surface area (TPSA) is 101 Å². The Morgan fingerprint density at radius 1 is 1.27 bits per heavy atom. The van der Waals surface area contributed by atoms with Gasteiger partial charge in [0, 0.05) is 30.4 Å². The van der Waals surface area contributed by atoms with Gasteiger partial charge in [0.05, 0.1) is 19.2 Å². The third-order valence-electron chi connectivity index (χ3n) is 5.98. The Labute approximate surface area is 186 Å². The van der Waals surface area contributed by atoms with E-state index in [1.807, 2.05) is 6.92 Å². The molecule has 176 valence electrons. The van der Waals surface area contributed by atoms with Crippen LogP contribution in [0.1, 0.15) is 53.1 Å². The van der Waals surface area contributed by atoms with E-state index in [1.54, 1.807) is 6.92 Å². The fourth-order valence-corrected chi connectivity index (χ4v) is 4.54. The number of rotatable bonds is 5. The molecule has 1 aromatic heterocycles. The highest BCUT2D eigenvalue weighted by Crippen LogP contribution is 2.39. The second-order valence-corrected chi connectivity index (χ2v) is 8.26. The molecule has 2 aliphatic rings. The Kier molecular flexibility index (Phi) is 5.69. The number of amides is 2. The lowest BCUT2D eigenvalue weighted by Gasteiger charge is -2.43. The number of nitrogens with zero attached hydrogens (tertiary/aromatic N) is 2. The number of carbonyl (C=O) groups is 2. The molecule has 33 heavy (non-hydrogen) atoms. The highest BCUT2D eigenvalue weighted by Gasteiger charge is 2.53. The highest BCUT2D eigenvalue weighted by atomic mass is 19.1. The van der Waals surface area contributed by atoms with Crippen molar-refractivity contribution in [2.75, 3.05) is 6.61 Å². The van der Waals surface area contributed by atoms with Gasteiger partial charge in [0.2, 0.25) is 5.43 Å². The predicted molar refractivity (Wildman–Crippen MR) is 109 cm³/mol. The van der Waals surface area contributed by atoms with E-state index < -0.39 is 63.8 Å². The smallest absolute Gasteiger partial charge is 0.277 e. The van der Waals surface area contributed by atoms with Crippen molar-refractivity contribution >= 4 is 11.8 Å². The van der Waals surface area contributed by atoms with Crippen LogP contribution in [-0.4, -0.2) is 44.8 Å². The number of pyridine rings is 1. The normalized spacial score (nSPS) is 21.7. The molecule has 1 aromatic carbocycles. The molecule has 2 atom stereocenters. The molecule has 1 fully saturated rings. The maximum absolute atomic E-state index is 13.9. The Hall–Kier alpha value is -3.34. The summed E-state index contributed by atoms with van der Waals surface area (Å²) in [6.45, 7) is 3.44. The van der Waals surface area contributed by atoms with Gasteiger partial charge >= 0.3 is 0 Å². The van der Waals surface area contributed by atoms with Crippen molar-refractivity contribution in [3.8, 4) is 5.75 Å². The molecule has 0 saturated carbocycles. The van der Waals surface area contributed by atoms with E-state index in [0.717, 1.165) is 6.20 Å². The molecule has 1 saturated heterocycles. The summed E-state index contributed by atoms with van der Waals surface area (Å²) in [7, 11) is 0. The summed E-state index contributed by atoms with van der Waals surface area (Å²) in [6.07, 6.45) is 2.32. The number of carbonyl (C=O) groups excluding carboxylic acids is 2. The van der Waals surface area contributed by atoms with Gasteiger partial charge in [0.1, 0.15) is 23.0 Å². The molecule has 11 heteroatoms. The molecular weight excluding hydrogens is 443 g/mol. The number of nitrogens with one attached hydrogen (secondary N) is 1. The molecule has 0 spiro atoms. The number of halogens is 3. The van der Waals surface area contributed by atoms with Crippen molar-refractivity contribution in [3.05, 3.63) is 62.8 Å². The van der Waals surface area contributed by atoms with Gasteiger partial charge in [-0.1, -0.05) is 13.3 Å². The van der Waals surface area contributed by atoms with Crippen LogP contribution in [0.4, 0.5) is 13.2 Å². The summed E-state index contributed by atoms with van der Waals surface area (Å²) >= 11 is 0. The first kappa shape index (κ1) is 22.8. The van der Waals surface area contributed by atoms with Crippen LogP contribution in [0, 0.1) is 17.5 Å². The number of aromatic nitrogens is 1. The third-order valence-corrected chi connectivity index (χ3v) is 5.98. The van der Waals surface area contributed by atoms with E-state index in [1.165, 1.54) is 9.47 Å². The number of fused-ring (bicyclic) bond motifs is 2. The number of ether oxygens (including phenoxy) is 1. The van der Waals surface area contributed by atoms with Crippen LogP contribution in [0.15, 0.2) is 23.1 Å². The average Bonchev–Trinajstić information content (AvgIpc) is 3.06. The van der Waals surface area contributed by atoms with Gasteiger partial charge in [0.25, 0.3) is 11.8 Å². The van der Waals surface area contributed by atoms with Gasteiger partial charge in [-0.2, -0.15) is 0 Å². The zero-order valence-electron chi connectivity index (χ0n) is 18.0. The first-order valence-electron chi connectivity index (χ1n) is 10.4. The Balaban J connectivity index is 1.68. The second kappa shape index (κ2) is 8.22. The van der Waals surface area contributed by atoms with Crippen molar-refractivity contribution in [2.45, 2.75) is 51.5 Å². The molecule has 0 radical (unpaired) electrons. The molecule has 3 heterocycles. The van der Waals surface area contributed by atoms with Gasteiger partial charge in [-0.25, -0.2) is 13.2 Å². The van der Waals surface area contributed by atoms with Crippen molar-refractivity contribution in [2.24, 2.45) is 0 Å². The van der Waals surface area contributed by atoms with Gasteiger partial charge in [-0.15, -0.1) is 0 Å². The van der Waals surface area contributed by atoms with Crippen LogP contribution >= 0.6 is 0 Å². The summed E-state index contributed by atoms with van der Waals surface area (Å²) in [5.74, 6) is -6.00. The van der Waals surface area contributed by atoms with Crippen molar-refractivity contribution < 1.29 is 32.6 Å². The van der Waals surface area contributed by atoms with Crippen LogP contribution in [-0.2, 0) is 17.8 Å². The van der Waals surface area contributed by atoms with Gasteiger partial charge in [-0.05, 0) is 13.3 Å². The van der Waals surface area contributed by atoms with Crippen LogP contribution in [0.25, 0.3) is 0 Å². The Morgan fingerprint density at radius 2 is 1.94 bits per heavy atom. The lowest BCUT2D eigenvalue weighted by molar-refractivity contribution is -0.0956. The van der Waals surface area contributed by atoms with E-state index in [0.29, 0.717) is 25.0 Å². The predicted octanol–water partition coefficient (Wildman–Crippen LogP) is 2.27. The standard InChI is InChI=1S/C22H22F3N3O5/c1-3-4-22-10-27-8-14(20(31)26-7-13-15(24)5-12(23)6-16(13)25)18(29)19(30)17(27)21(32)28(22)11(2)9-33-22/h5-6,8,11,30H,3-4,7,9-10H2,1-2H3,(H,26,31)/t11-,22+/m1/s1. The fourth-order valence-electron chi connectivity index (χ4n) is 4.54.